The first-order valence-electron chi connectivity index (χ1n) is 6.65. The maximum absolute atomic E-state index is 3.58. The van der Waals surface area contributed by atoms with Gasteiger partial charge in [0.05, 0.1) is 0 Å². The quantitative estimate of drug-likeness (QED) is 0.857. The Morgan fingerprint density at radius 3 is 2.71 bits per heavy atom. The number of nitrogens with zero attached hydrogens (tertiary/aromatic N) is 1. The molecule has 2 rings (SSSR count). The molecule has 1 aliphatic heterocycles. The van der Waals surface area contributed by atoms with Gasteiger partial charge in [-0.25, -0.2) is 0 Å². The highest BCUT2D eigenvalue weighted by Gasteiger charge is 2.31. The fraction of sp³-hybridized carbons (Fsp3) is 0.600. The molecule has 1 atom stereocenters. The summed E-state index contributed by atoms with van der Waals surface area (Å²) in [6, 6.07) is 10.8. The van der Waals surface area contributed by atoms with Gasteiger partial charge in [0.25, 0.3) is 0 Å². The summed E-state index contributed by atoms with van der Waals surface area (Å²) in [5, 5.41) is 3.58. The zero-order chi connectivity index (χ0) is 12.1. The van der Waals surface area contributed by atoms with Crippen molar-refractivity contribution in [2.24, 2.45) is 0 Å². The number of rotatable bonds is 4. The molecule has 2 heteroatoms. The van der Waals surface area contributed by atoms with Gasteiger partial charge in [-0.3, -0.25) is 0 Å². The maximum atomic E-state index is 3.58. The number of piperidine rings is 1. The molecule has 1 unspecified atom stereocenters. The topological polar surface area (TPSA) is 15.3 Å². The molecule has 0 spiro atoms. The Balaban J connectivity index is 1.95. The number of likely N-dealkylation sites (N-methyl/N-ethyl adjacent to an activating group) is 2. The second-order valence-electron chi connectivity index (χ2n) is 5.36. The van der Waals surface area contributed by atoms with Crippen LogP contribution in [0.25, 0.3) is 0 Å². The second-order valence-corrected chi connectivity index (χ2v) is 5.36. The van der Waals surface area contributed by atoms with E-state index in [2.05, 4.69) is 54.6 Å². The summed E-state index contributed by atoms with van der Waals surface area (Å²) in [6.07, 6.45) is 5.03. The van der Waals surface area contributed by atoms with Crippen molar-refractivity contribution in [2.45, 2.75) is 31.2 Å². The van der Waals surface area contributed by atoms with Gasteiger partial charge in [0.1, 0.15) is 0 Å². The molecule has 1 aliphatic rings. The first kappa shape index (κ1) is 12.6. The van der Waals surface area contributed by atoms with E-state index in [-0.39, 0.29) is 0 Å². The van der Waals surface area contributed by atoms with Crippen molar-refractivity contribution in [3.63, 3.8) is 0 Å². The van der Waals surface area contributed by atoms with Crippen LogP contribution in [0.3, 0.4) is 0 Å². The van der Waals surface area contributed by atoms with Gasteiger partial charge in [-0.1, -0.05) is 30.3 Å². The fourth-order valence-electron chi connectivity index (χ4n) is 2.92. The molecule has 1 aromatic carbocycles. The predicted molar refractivity (Wildman–Crippen MR) is 73.3 cm³/mol. The average Bonchev–Trinajstić information content (AvgIpc) is 2.38. The molecule has 0 amide bonds. The summed E-state index contributed by atoms with van der Waals surface area (Å²) < 4.78 is 0. The Morgan fingerprint density at radius 1 is 1.29 bits per heavy atom. The van der Waals surface area contributed by atoms with E-state index >= 15 is 0 Å². The van der Waals surface area contributed by atoms with Gasteiger partial charge in [0.2, 0.25) is 0 Å². The van der Waals surface area contributed by atoms with Gasteiger partial charge >= 0.3 is 0 Å². The molecule has 1 N–H and O–H groups in total. The number of hydrogen-bond acceptors (Lipinski definition) is 2. The third-order valence-electron chi connectivity index (χ3n) is 4.03. The van der Waals surface area contributed by atoms with E-state index in [0.29, 0.717) is 5.54 Å². The monoisotopic (exact) mass is 232 g/mol. The molecule has 0 bridgehead atoms. The molecular weight excluding hydrogens is 208 g/mol. The van der Waals surface area contributed by atoms with Crippen molar-refractivity contribution < 1.29 is 0 Å². The average molecular weight is 232 g/mol. The smallest absolute Gasteiger partial charge is 0.0309 e. The SMILES string of the molecule is CNC1(CCc2ccccc2)CCCN(C)C1. The standard InChI is InChI=1S/C15H24N2/c1-16-15(10-6-12-17(2)13-15)11-9-14-7-4-3-5-8-14/h3-5,7-8,16H,6,9-13H2,1-2H3. The van der Waals surface area contributed by atoms with E-state index in [1.165, 1.54) is 44.3 Å². The molecule has 0 aromatic heterocycles. The summed E-state index contributed by atoms with van der Waals surface area (Å²) in [7, 11) is 4.35. The van der Waals surface area contributed by atoms with Crippen LogP contribution in [-0.2, 0) is 6.42 Å². The highest BCUT2D eigenvalue weighted by Crippen LogP contribution is 2.25. The van der Waals surface area contributed by atoms with Crippen LogP contribution in [-0.4, -0.2) is 37.6 Å². The van der Waals surface area contributed by atoms with E-state index in [4.69, 9.17) is 0 Å². The molecule has 0 saturated carbocycles. The molecule has 1 heterocycles. The summed E-state index contributed by atoms with van der Waals surface area (Å²) in [4.78, 5) is 2.45. The van der Waals surface area contributed by atoms with Gasteiger partial charge in [-0.05, 0) is 51.9 Å². The molecule has 1 fully saturated rings. The van der Waals surface area contributed by atoms with Crippen LogP contribution in [0.2, 0.25) is 0 Å². The molecule has 1 aromatic rings. The lowest BCUT2D eigenvalue weighted by molar-refractivity contribution is 0.143. The Bertz CT molecular complexity index is 336. The summed E-state index contributed by atoms with van der Waals surface area (Å²) in [5.41, 5.74) is 1.78. The lowest BCUT2D eigenvalue weighted by atomic mass is 9.84. The van der Waals surface area contributed by atoms with E-state index in [0.717, 1.165) is 0 Å². The lowest BCUT2D eigenvalue weighted by Crippen LogP contribution is -2.55. The van der Waals surface area contributed by atoms with Crippen molar-refractivity contribution in [3.8, 4) is 0 Å². The minimum atomic E-state index is 0.322. The first-order valence-corrected chi connectivity index (χ1v) is 6.65. The third-order valence-corrected chi connectivity index (χ3v) is 4.03. The summed E-state index contributed by atoms with van der Waals surface area (Å²) in [5.74, 6) is 0. The highest BCUT2D eigenvalue weighted by atomic mass is 15.2. The van der Waals surface area contributed by atoms with Gasteiger partial charge in [-0.2, -0.15) is 0 Å². The Kier molecular flexibility index (Phi) is 4.19. The Morgan fingerprint density at radius 2 is 2.06 bits per heavy atom. The number of aryl methyl sites for hydroxylation is 1. The minimum Gasteiger partial charge on any atom is -0.313 e. The number of nitrogens with one attached hydrogen (secondary N) is 1. The second kappa shape index (κ2) is 5.65. The van der Waals surface area contributed by atoms with Crippen LogP contribution in [0.4, 0.5) is 0 Å². The first-order chi connectivity index (χ1) is 8.24. The van der Waals surface area contributed by atoms with Crippen LogP contribution in [0.1, 0.15) is 24.8 Å². The lowest BCUT2D eigenvalue weighted by Gasteiger charge is -2.41. The van der Waals surface area contributed by atoms with E-state index in [1.54, 1.807) is 0 Å². The van der Waals surface area contributed by atoms with Crippen molar-refractivity contribution in [3.05, 3.63) is 35.9 Å². The summed E-state index contributed by atoms with van der Waals surface area (Å²) in [6.45, 7) is 2.42. The minimum absolute atomic E-state index is 0.322. The van der Waals surface area contributed by atoms with Crippen molar-refractivity contribution in [1.82, 2.24) is 10.2 Å². The number of benzene rings is 1. The van der Waals surface area contributed by atoms with E-state index in [1.807, 2.05) is 0 Å². The largest absolute Gasteiger partial charge is 0.313 e. The molecule has 2 nitrogen and oxygen atoms in total. The van der Waals surface area contributed by atoms with Gasteiger partial charge in [0.15, 0.2) is 0 Å². The normalized spacial score (nSPS) is 26.0. The fourth-order valence-corrected chi connectivity index (χ4v) is 2.92. The van der Waals surface area contributed by atoms with Crippen LogP contribution in [0.15, 0.2) is 30.3 Å². The predicted octanol–water partition coefficient (Wildman–Crippen LogP) is 2.30. The number of likely N-dealkylation sites (tertiary alicyclic amines) is 1. The van der Waals surface area contributed by atoms with Crippen LogP contribution < -0.4 is 5.32 Å². The Labute approximate surface area is 105 Å². The maximum Gasteiger partial charge on any atom is 0.0309 e. The molecular formula is C15H24N2. The van der Waals surface area contributed by atoms with Crippen LogP contribution in [0.5, 0.6) is 0 Å². The highest BCUT2D eigenvalue weighted by molar-refractivity contribution is 5.15. The molecule has 94 valence electrons. The molecule has 0 radical (unpaired) electrons. The van der Waals surface area contributed by atoms with Crippen LogP contribution in [0, 0.1) is 0 Å². The molecule has 17 heavy (non-hydrogen) atoms. The zero-order valence-corrected chi connectivity index (χ0v) is 11.1. The van der Waals surface area contributed by atoms with Gasteiger partial charge < -0.3 is 10.2 Å². The zero-order valence-electron chi connectivity index (χ0n) is 11.1. The van der Waals surface area contributed by atoms with Crippen molar-refractivity contribution in [1.29, 1.82) is 0 Å². The molecule has 1 saturated heterocycles. The van der Waals surface area contributed by atoms with E-state index in [9.17, 15) is 0 Å². The summed E-state index contributed by atoms with van der Waals surface area (Å²) >= 11 is 0. The van der Waals surface area contributed by atoms with E-state index < -0.39 is 0 Å². The van der Waals surface area contributed by atoms with Crippen molar-refractivity contribution >= 4 is 0 Å². The molecule has 0 aliphatic carbocycles. The van der Waals surface area contributed by atoms with Crippen molar-refractivity contribution in [2.75, 3.05) is 27.2 Å². The van der Waals surface area contributed by atoms with Crippen LogP contribution >= 0.6 is 0 Å². The number of hydrogen-bond donors (Lipinski definition) is 1. The van der Waals surface area contributed by atoms with Gasteiger partial charge in [0, 0.05) is 12.1 Å². The Hall–Kier alpha value is -0.860. The van der Waals surface area contributed by atoms with Gasteiger partial charge in [-0.15, -0.1) is 0 Å². The third kappa shape index (κ3) is 3.30.